The van der Waals surface area contributed by atoms with Gasteiger partial charge in [-0.15, -0.1) is 0 Å². The van der Waals surface area contributed by atoms with Crippen LogP contribution in [0, 0.1) is 0 Å². The first-order valence-corrected chi connectivity index (χ1v) is 21.7. The van der Waals surface area contributed by atoms with Crippen LogP contribution in [0.25, 0.3) is 71.2 Å². The van der Waals surface area contributed by atoms with Crippen LogP contribution in [0.2, 0.25) is 0 Å². The minimum atomic E-state index is -0.0375. The molecule has 12 aromatic rings. The fraction of sp³-hybridized carbons (Fsp3) is 0.0167. The van der Waals surface area contributed by atoms with Crippen LogP contribution in [0.5, 0.6) is 0 Å². The predicted molar refractivity (Wildman–Crippen MR) is 265 cm³/mol. The van der Waals surface area contributed by atoms with Crippen molar-refractivity contribution < 1.29 is 0 Å². The Hall–Kier alpha value is -8.27. The van der Waals surface area contributed by atoms with Crippen molar-refractivity contribution in [2.75, 3.05) is 4.90 Å². The highest BCUT2D eigenvalue weighted by atomic mass is 15.1. The largest absolute Gasteiger partial charge is 0.311 e. The van der Waals surface area contributed by atoms with Crippen molar-refractivity contribution in [3.05, 3.63) is 259 Å². The van der Waals surface area contributed by atoms with E-state index in [1.807, 2.05) is 0 Å². The lowest BCUT2D eigenvalue weighted by Crippen LogP contribution is -2.10. The fourth-order valence-corrected chi connectivity index (χ4v) is 9.80. The molecule has 296 valence electrons. The zero-order chi connectivity index (χ0) is 41.7. The predicted octanol–water partition coefficient (Wildman–Crippen LogP) is 16.0. The lowest BCUT2D eigenvalue weighted by atomic mass is 9.83. The molecule has 1 atom stereocenters. The smallest absolute Gasteiger partial charge is 0.0788 e. The summed E-state index contributed by atoms with van der Waals surface area (Å²) in [6, 6.07) is 87.8. The maximum absolute atomic E-state index is 5.50. The van der Waals surface area contributed by atoms with Crippen LogP contribution in [0.4, 0.5) is 17.1 Å². The lowest BCUT2D eigenvalue weighted by molar-refractivity contribution is 0.980. The maximum atomic E-state index is 5.50. The molecule has 10 aromatic carbocycles. The molecule has 0 aliphatic carbocycles. The maximum Gasteiger partial charge on any atom is 0.0788 e. The molecule has 1 unspecified atom stereocenters. The lowest BCUT2D eigenvalue weighted by Gasteiger charge is -2.26. The standard InChI is InChI=1S/C60H41N3/c1-4-21-47(22-5-1)62(48-23-6-2-7-24-48)50-35-33-42(34-36-50)57(45-32-31-41-17-10-11-18-43(41)39-45)44-19-16-20-46(40-44)59-54-38-37-52-51-27-13-15-30-56(51)63(49-25-8-3-9-26-49)60(52)58(54)53-28-12-14-29-55(53)61-59/h1-40,57H. The van der Waals surface area contributed by atoms with Crippen LogP contribution >= 0.6 is 0 Å². The number of anilines is 3. The van der Waals surface area contributed by atoms with Gasteiger partial charge in [-0.05, 0) is 94.2 Å². The summed E-state index contributed by atoms with van der Waals surface area (Å²) in [7, 11) is 0. The second kappa shape index (κ2) is 15.3. The van der Waals surface area contributed by atoms with Gasteiger partial charge in [-0.25, -0.2) is 4.98 Å². The Balaban J connectivity index is 1.06. The quantitative estimate of drug-likeness (QED) is 0.113. The molecule has 0 saturated carbocycles. The Bertz CT molecular complexity index is 3570. The van der Waals surface area contributed by atoms with E-state index in [1.54, 1.807) is 0 Å². The molecule has 12 rings (SSSR count). The molecule has 0 aliphatic rings. The second-order valence-corrected chi connectivity index (χ2v) is 16.3. The normalized spacial score (nSPS) is 12.1. The number of pyridine rings is 1. The minimum absolute atomic E-state index is 0.0375. The van der Waals surface area contributed by atoms with E-state index in [1.165, 1.54) is 54.7 Å². The molecule has 0 spiro atoms. The fourth-order valence-electron chi connectivity index (χ4n) is 9.80. The first-order valence-electron chi connectivity index (χ1n) is 21.7. The van der Waals surface area contributed by atoms with Gasteiger partial charge in [0.25, 0.3) is 0 Å². The van der Waals surface area contributed by atoms with Gasteiger partial charge in [0.15, 0.2) is 0 Å². The average Bonchev–Trinajstić information content (AvgIpc) is 3.70. The van der Waals surface area contributed by atoms with Crippen LogP contribution in [0.1, 0.15) is 22.6 Å². The van der Waals surface area contributed by atoms with Crippen molar-refractivity contribution in [3.8, 4) is 16.9 Å². The van der Waals surface area contributed by atoms with Gasteiger partial charge in [0.1, 0.15) is 0 Å². The third-order valence-corrected chi connectivity index (χ3v) is 12.6. The van der Waals surface area contributed by atoms with Crippen molar-refractivity contribution in [3.63, 3.8) is 0 Å². The number of nitrogens with zero attached hydrogens (tertiary/aromatic N) is 3. The van der Waals surface area contributed by atoms with Gasteiger partial charge in [0, 0.05) is 61.2 Å². The van der Waals surface area contributed by atoms with E-state index in [0.29, 0.717) is 0 Å². The van der Waals surface area contributed by atoms with Crippen molar-refractivity contribution in [1.82, 2.24) is 9.55 Å². The number of aromatic nitrogens is 2. The zero-order valence-electron chi connectivity index (χ0n) is 34.5. The zero-order valence-corrected chi connectivity index (χ0v) is 34.5. The van der Waals surface area contributed by atoms with Crippen LogP contribution < -0.4 is 4.90 Å². The Morgan fingerprint density at radius 2 is 0.968 bits per heavy atom. The SMILES string of the molecule is c1ccc(N(c2ccccc2)c2ccc(C(c3cccc(-c4nc5ccccc5c5c4ccc4c6ccccc6n(-c6ccccc6)c45)c3)c3ccc4ccccc4c3)cc2)cc1. The van der Waals surface area contributed by atoms with Gasteiger partial charge in [0.2, 0.25) is 0 Å². The van der Waals surface area contributed by atoms with Gasteiger partial charge in [0.05, 0.1) is 22.2 Å². The van der Waals surface area contributed by atoms with Crippen LogP contribution in [0.15, 0.2) is 243 Å². The van der Waals surface area contributed by atoms with Crippen molar-refractivity contribution >= 4 is 71.3 Å². The molecule has 0 radical (unpaired) electrons. The summed E-state index contributed by atoms with van der Waals surface area (Å²) in [5.74, 6) is -0.0375. The van der Waals surface area contributed by atoms with Crippen LogP contribution in [-0.2, 0) is 0 Å². The van der Waals surface area contributed by atoms with Gasteiger partial charge >= 0.3 is 0 Å². The van der Waals surface area contributed by atoms with E-state index >= 15 is 0 Å². The van der Waals surface area contributed by atoms with E-state index < -0.39 is 0 Å². The number of fused-ring (bicyclic) bond motifs is 8. The molecule has 3 heteroatoms. The van der Waals surface area contributed by atoms with Crippen LogP contribution in [-0.4, -0.2) is 9.55 Å². The number of benzene rings is 10. The van der Waals surface area contributed by atoms with Gasteiger partial charge < -0.3 is 9.47 Å². The third kappa shape index (κ3) is 6.33. The molecule has 2 heterocycles. The molecule has 0 bridgehead atoms. The van der Waals surface area contributed by atoms with Gasteiger partial charge in [-0.2, -0.15) is 0 Å². The Morgan fingerprint density at radius 3 is 1.73 bits per heavy atom. The molecule has 0 saturated heterocycles. The molecule has 0 amide bonds. The molecule has 2 aromatic heterocycles. The molecule has 0 aliphatic heterocycles. The Labute approximate surface area is 366 Å². The van der Waals surface area contributed by atoms with Crippen molar-refractivity contribution in [2.24, 2.45) is 0 Å². The minimum Gasteiger partial charge on any atom is -0.311 e. The van der Waals surface area contributed by atoms with Crippen LogP contribution in [0.3, 0.4) is 0 Å². The first-order chi connectivity index (χ1) is 31.3. The van der Waals surface area contributed by atoms with Crippen molar-refractivity contribution in [1.29, 1.82) is 0 Å². The average molecular weight is 804 g/mol. The molecule has 0 fully saturated rings. The van der Waals surface area contributed by atoms with E-state index in [4.69, 9.17) is 4.98 Å². The van der Waals surface area contributed by atoms with E-state index in [9.17, 15) is 0 Å². The Kier molecular flexibility index (Phi) is 8.90. The number of para-hydroxylation sites is 5. The van der Waals surface area contributed by atoms with Crippen molar-refractivity contribution in [2.45, 2.75) is 5.92 Å². The highest BCUT2D eigenvalue weighted by molar-refractivity contribution is 6.26. The first kappa shape index (κ1) is 36.6. The third-order valence-electron chi connectivity index (χ3n) is 12.6. The summed E-state index contributed by atoms with van der Waals surface area (Å²) < 4.78 is 2.44. The molecule has 0 N–H and O–H groups in total. The van der Waals surface area contributed by atoms with E-state index in [2.05, 4.69) is 252 Å². The van der Waals surface area contributed by atoms with E-state index in [-0.39, 0.29) is 5.92 Å². The summed E-state index contributed by atoms with van der Waals surface area (Å²) in [6.45, 7) is 0. The van der Waals surface area contributed by atoms with Gasteiger partial charge in [-0.1, -0.05) is 176 Å². The summed E-state index contributed by atoms with van der Waals surface area (Å²) in [5.41, 5.74) is 13.6. The number of hydrogen-bond donors (Lipinski definition) is 0. The van der Waals surface area contributed by atoms with Gasteiger partial charge in [-0.3, -0.25) is 0 Å². The number of hydrogen-bond acceptors (Lipinski definition) is 2. The molecule has 63 heavy (non-hydrogen) atoms. The molecular weight excluding hydrogens is 763 g/mol. The Morgan fingerprint density at radius 1 is 0.381 bits per heavy atom. The molecule has 3 nitrogen and oxygen atoms in total. The second-order valence-electron chi connectivity index (χ2n) is 16.3. The monoisotopic (exact) mass is 803 g/mol. The highest BCUT2D eigenvalue weighted by Gasteiger charge is 2.23. The summed E-state index contributed by atoms with van der Waals surface area (Å²) in [4.78, 5) is 7.82. The number of rotatable bonds is 8. The summed E-state index contributed by atoms with van der Waals surface area (Å²) in [6.07, 6.45) is 0. The summed E-state index contributed by atoms with van der Waals surface area (Å²) in [5, 5.41) is 8.42. The highest BCUT2D eigenvalue weighted by Crippen LogP contribution is 2.44. The molecular formula is C60H41N3. The van der Waals surface area contributed by atoms with E-state index in [0.717, 1.165) is 50.3 Å². The topological polar surface area (TPSA) is 21.1 Å². The summed E-state index contributed by atoms with van der Waals surface area (Å²) >= 11 is 0.